The third-order valence-electron chi connectivity index (χ3n) is 10.00. The van der Waals surface area contributed by atoms with E-state index in [4.69, 9.17) is 14.2 Å². The standard InChI is InChI=1S/C45H88NO6/c1-6-8-10-12-14-16-18-20-22-24-26-28-30-32-34-36-38-50-43(47)40-42(52-44(48)41-46(3,4)5)45(49)51-39-37-35-33-31-29-27-25-23-21-19-17-15-13-11-9-7-2/h42H,6-41H2,1-5H3/q+1. The average Bonchev–Trinajstić information content (AvgIpc) is 3.09. The van der Waals surface area contributed by atoms with Gasteiger partial charge in [0.1, 0.15) is 0 Å². The van der Waals surface area contributed by atoms with Crippen molar-refractivity contribution in [2.45, 2.75) is 232 Å². The molecular weight excluding hydrogens is 650 g/mol. The molecule has 0 aromatic carbocycles. The van der Waals surface area contributed by atoms with E-state index in [2.05, 4.69) is 13.8 Å². The van der Waals surface area contributed by atoms with Crippen LogP contribution in [0.3, 0.4) is 0 Å². The van der Waals surface area contributed by atoms with Crippen molar-refractivity contribution in [3.05, 3.63) is 0 Å². The quantitative estimate of drug-likeness (QED) is 0.0269. The minimum absolute atomic E-state index is 0.0944. The molecule has 0 aliphatic carbocycles. The topological polar surface area (TPSA) is 78.9 Å². The number of hydrogen-bond donors (Lipinski definition) is 0. The van der Waals surface area contributed by atoms with Gasteiger partial charge in [-0.25, -0.2) is 9.59 Å². The Morgan fingerprint density at radius 1 is 0.404 bits per heavy atom. The lowest BCUT2D eigenvalue weighted by Crippen LogP contribution is -2.42. The van der Waals surface area contributed by atoms with Gasteiger partial charge in [0, 0.05) is 0 Å². The summed E-state index contributed by atoms with van der Waals surface area (Å²) in [5.41, 5.74) is 0. The Labute approximate surface area is 323 Å². The third kappa shape index (κ3) is 38.1. The summed E-state index contributed by atoms with van der Waals surface area (Å²) < 4.78 is 16.7. The first-order chi connectivity index (χ1) is 25.2. The van der Waals surface area contributed by atoms with Gasteiger partial charge in [0.15, 0.2) is 6.54 Å². The van der Waals surface area contributed by atoms with Crippen molar-refractivity contribution < 1.29 is 33.1 Å². The fraction of sp³-hybridized carbons (Fsp3) is 0.933. The molecule has 0 rings (SSSR count). The van der Waals surface area contributed by atoms with Gasteiger partial charge in [0.05, 0.1) is 40.8 Å². The number of likely N-dealkylation sites (N-methyl/N-ethyl adjacent to an activating group) is 1. The van der Waals surface area contributed by atoms with Crippen molar-refractivity contribution in [3.8, 4) is 0 Å². The van der Waals surface area contributed by atoms with Gasteiger partial charge in [-0.15, -0.1) is 0 Å². The van der Waals surface area contributed by atoms with Gasteiger partial charge in [-0.1, -0.05) is 206 Å². The lowest BCUT2D eigenvalue weighted by Gasteiger charge is -2.24. The highest BCUT2D eigenvalue weighted by atomic mass is 16.6. The van der Waals surface area contributed by atoms with Crippen LogP contribution in [0.2, 0.25) is 0 Å². The summed E-state index contributed by atoms with van der Waals surface area (Å²) in [6, 6.07) is 0. The highest BCUT2D eigenvalue weighted by Gasteiger charge is 2.30. The Bertz CT molecular complexity index is 810. The normalized spacial score (nSPS) is 12.2. The SMILES string of the molecule is CCCCCCCCCCCCCCCCCCOC(=O)CC(OC(=O)C[N+](C)(C)C)C(=O)OCCCCCCCCCCCCCCCCCC. The monoisotopic (exact) mass is 739 g/mol. The summed E-state index contributed by atoms with van der Waals surface area (Å²) in [7, 11) is 5.62. The molecule has 7 heteroatoms. The molecule has 0 heterocycles. The number of ether oxygens (including phenoxy) is 3. The first-order valence-corrected chi connectivity index (χ1v) is 22.5. The van der Waals surface area contributed by atoms with Gasteiger partial charge in [0.2, 0.25) is 6.10 Å². The largest absolute Gasteiger partial charge is 0.466 e. The molecule has 7 nitrogen and oxygen atoms in total. The van der Waals surface area contributed by atoms with Crippen LogP contribution in [-0.4, -0.2) is 69.4 Å². The van der Waals surface area contributed by atoms with E-state index in [-0.39, 0.29) is 19.6 Å². The Kier molecular flexibility index (Phi) is 36.5. The van der Waals surface area contributed by atoms with Crippen molar-refractivity contribution in [3.63, 3.8) is 0 Å². The number of unbranched alkanes of at least 4 members (excludes halogenated alkanes) is 30. The van der Waals surface area contributed by atoms with Gasteiger partial charge in [-0.3, -0.25) is 4.79 Å². The van der Waals surface area contributed by atoms with Gasteiger partial charge in [-0.2, -0.15) is 0 Å². The average molecular weight is 739 g/mol. The number of esters is 3. The van der Waals surface area contributed by atoms with E-state index in [1.807, 2.05) is 21.1 Å². The fourth-order valence-corrected chi connectivity index (χ4v) is 6.72. The van der Waals surface area contributed by atoms with Crippen molar-refractivity contribution in [2.24, 2.45) is 0 Å². The Morgan fingerprint density at radius 2 is 0.692 bits per heavy atom. The number of quaternary nitrogens is 1. The first-order valence-electron chi connectivity index (χ1n) is 22.5. The maximum Gasteiger partial charge on any atom is 0.362 e. The van der Waals surface area contributed by atoms with Gasteiger partial charge < -0.3 is 18.7 Å². The van der Waals surface area contributed by atoms with E-state index >= 15 is 0 Å². The molecule has 308 valence electrons. The maximum absolute atomic E-state index is 12.9. The van der Waals surface area contributed by atoms with E-state index in [9.17, 15) is 14.4 Å². The second kappa shape index (κ2) is 37.7. The molecule has 0 aromatic heterocycles. The Hall–Kier alpha value is -1.63. The second-order valence-electron chi connectivity index (χ2n) is 16.6. The van der Waals surface area contributed by atoms with Gasteiger partial charge in [0.25, 0.3) is 0 Å². The summed E-state index contributed by atoms with van der Waals surface area (Å²) in [6.45, 7) is 5.24. The minimum atomic E-state index is -1.27. The number of carbonyl (C=O) groups is 3. The summed E-state index contributed by atoms with van der Waals surface area (Å²) in [5, 5.41) is 0. The predicted molar refractivity (Wildman–Crippen MR) is 218 cm³/mol. The number of hydrogen-bond acceptors (Lipinski definition) is 6. The molecule has 1 atom stereocenters. The van der Waals surface area contributed by atoms with Crippen LogP contribution in [0.5, 0.6) is 0 Å². The van der Waals surface area contributed by atoms with E-state index in [1.54, 1.807) is 0 Å². The molecule has 0 bridgehead atoms. The smallest absolute Gasteiger partial charge is 0.362 e. The molecular formula is C45H88NO6+. The molecule has 0 aromatic rings. The minimum Gasteiger partial charge on any atom is -0.466 e. The molecule has 52 heavy (non-hydrogen) atoms. The molecule has 0 aliphatic heterocycles. The number of carbonyl (C=O) groups excluding carboxylic acids is 3. The molecule has 0 saturated heterocycles. The zero-order chi connectivity index (χ0) is 38.4. The molecule has 0 aliphatic rings. The molecule has 0 radical (unpaired) electrons. The summed E-state index contributed by atoms with van der Waals surface area (Å²) in [6.07, 6.45) is 39.5. The lowest BCUT2D eigenvalue weighted by atomic mass is 10.0. The van der Waals surface area contributed by atoms with Gasteiger partial charge in [-0.05, 0) is 12.8 Å². The molecule has 1 unspecified atom stereocenters. The van der Waals surface area contributed by atoms with Crippen molar-refractivity contribution in [2.75, 3.05) is 40.9 Å². The van der Waals surface area contributed by atoms with Crippen LogP contribution in [0.25, 0.3) is 0 Å². The summed E-state index contributed by atoms with van der Waals surface area (Å²) >= 11 is 0. The zero-order valence-electron chi connectivity index (χ0n) is 35.4. The zero-order valence-corrected chi connectivity index (χ0v) is 35.4. The molecule has 0 amide bonds. The van der Waals surface area contributed by atoms with E-state index < -0.39 is 24.0 Å². The summed E-state index contributed by atoms with van der Waals surface area (Å²) in [5.74, 6) is -1.71. The highest BCUT2D eigenvalue weighted by molar-refractivity contribution is 5.84. The van der Waals surface area contributed by atoms with Gasteiger partial charge >= 0.3 is 17.9 Å². The highest BCUT2D eigenvalue weighted by Crippen LogP contribution is 2.16. The molecule has 0 spiro atoms. The van der Waals surface area contributed by atoms with Crippen LogP contribution in [0, 0.1) is 0 Å². The molecule has 0 N–H and O–H groups in total. The number of nitrogens with zero attached hydrogens (tertiary/aromatic N) is 1. The van der Waals surface area contributed by atoms with Crippen molar-refractivity contribution >= 4 is 17.9 Å². The summed E-state index contributed by atoms with van der Waals surface area (Å²) in [4.78, 5) is 38.0. The lowest BCUT2D eigenvalue weighted by molar-refractivity contribution is -0.862. The van der Waals surface area contributed by atoms with Crippen LogP contribution < -0.4 is 0 Å². The first kappa shape index (κ1) is 50.4. The molecule has 0 saturated carbocycles. The Balaban J connectivity index is 4.03. The second-order valence-corrected chi connectivity index (χ2v) is 16.6. The van der Waals surface area contributed by atoms with Crippen LogP contribution in [-0.2, 0) is 28.6 Å². The van der Waals surface area contributed by atoms with E-state index in [1.165, 1.54) is 167 Å². The Morgan fingerprint density at radius 3 is 1.00 bits per heavy atom. The van der Waals surface area contributed by atoms with Crippen molar-refractivity contribution in [1.29, 1.82) is 0 Å². The van der Waals surface area contributed by atoms with E-state index in [0.717, 1.165) is 38.5 Å². The third-order valence-corrected chi connectivity index (χ3v) is 10.00. The van der Waals surface area contributed by atoms with Crippen LogP contribution in [0.4, 0.5) is 0 Å². The van der Waals surface area contributed by atoms with Crippen LogP contribution in [0.15, 0.2) is 0 Å². The molecule has 0 fully saturated rings. The van der Waals surface area contributed by atoms with Crippen LogP contribution in [0.1, 0.15) is 226 Å². The fourth-order valence-electron chi connectivity index (χ4n) is 6.72. The van der Waals surface area contributed by atoms with Crippen LogP contribution >= 0.6 is 0 Å². The van der Waals surface area contributed by atoms with Crippen molar-refractivity contribution in [1.82, 2.24) is 0 Å². The maximum atomic E-state index is 12.9. The predicted octanol–water partition coefficient (Wildman–Crippen LogP) is 12.6. The van der Waals surface area contributed by atoms with E-state index in [0.29, 0.717) is 11.1 Å². The number of rotatable bonds is 40.